The molecule has 6 nitrogen and oxygen atoms in total. The van der Waals surface area contributed by atoms with Crippen LogP contribution in [0.3, 0.4) is 0 Å². The third-order valence-electron chi connectivity index (χ3n) is 1.11. The number of aliphatic hydroxyl groups excluding tert-OH is 1. The zero-order valence-corrected chi connectivity index (χ0v) is 6.71. The molecule has 0 aromatic carbocycles. The minimum absolute atomic E-state index is 0.101. The van der Waals surface area contributed by atoms with Crippen LogP contribution in [0.5, 0.6) is 5.75 Å². The van der Waals surface area contributed by atoms with Crippen molar-refractivity contribution in [3.8, 4) is 5.75 Å². The van der Waals surface area contributed by atoms with E-state index >= 15 is 0 Å². The molecule has 0 aliphatic rings. The van der Waals surface area contributed by atoms with Gasteiger partial charge in [-0.15, -0.1) is 0 Å². The smallest absolute Gasteiger partial charge is 0.329 e. The average molecular weight is 190 g/mol. The molecule has 7 heteroatoms. The Morgan fingerprint density at radius 2 is 2.50 bits per heavy atom. The molecule has 0 fully saturated rings. The van der Waals surface area contributed by atoms with Gasteiger partial charge in [-0.3, -0.25) is 10.1 Å². The van der Waals surface area contributed by atoms with Crippen LogP contribution in [0.15, 0.2) is 6.07 Å². The Morgan fingerprint density at radius 3 is 2.92 bits per heavy atom. The molecule has 0 saturated heterocycles. The molecule has 0 amide bonds. The highest BCUT2D eigenvalue weighted by molar-refractivity contribution is 7.19. The molecule has 0 saturated carbocycles. The number of nitrogens with two attached hydrogens (primary N) is 1. The minimum atomic E-state index is -0.564. The van der Waals surface area contributed by atoms with E-state index in [9.17, 15) is 10.1 Å². The van der Waals surface area contributed by atoms with Crippen LogP contribution < -0.4 is 10.5 Å². The molecule has 1 rings (SSSR count). The minimum Gasteiger partial charge on any atom is -0.464 e. The van der Waals surface area contributed by atoms with Crippen LogP contribution in [0.1, 0.15) is 0 Å². The van der Waals surface area contributed by atoms with Gasteiger partial charge in [0.15, 0.2) is 12.5 Å². The number of nitrogens with zero attached hydrogens (tertiary/aromatic N) is 1. The summed E-state index contributed by atoms with van der Waals surface area (Å²) in [7, 11) is 0. The molecule has 0 bridgehead atoms. The maximum Gasteiger partial charge on any atom is 0.329 e. The Bertz CT molecular complexity index is 298. The fourth-order valence-electron chi connectivity index (χ4n) is 0.648. The van der Waals surface area contributed by atoms with E-state index in [1.165, 1.54) is 6.07 Å². The first kappa shape index (κ1) is 8.75. The normalized spacial score (nSPS) is 9.75. The van der Waals surface area contributed by atoms with Gasteiger partial charge in [0.25, 0.3) is 0 Å². The molecular formula is C5H6N2O4S. The number of aliphatic hydroxyl groups is 1. The first-order valence-corrected chi connectivity index (χ1v) is 3.74. The van der Waals surface area contributed by atoms with Crippen molar-refractivity contribution in [1.29, 1.82) is 0 Å². The van der Waals surface area contributed by atoms with E-state index in [1.54, 1.807) is 0 Å². The molecule has 66 valence electrons. The number of nitro groups is 1. The van der Waals surface area contributed by atoms with Crippen molar-refractivity contribution in [2.45, 2.75) is 0 Å². The van der Waals surface area contributed by atoms with Crippen LogP contribution in [0.4, 0.5) is 10.0 Å². The molecular weight excluding hydrogens is 184 g/mol. The second-order valence-corrected chi connectivity index (χ2v) is 2.91. The molecule has 3 N–H and O–H groups in total. The van der Waals surface area contributed by atoms with Gasteiger partial charge in [-0.1, -0.05) is 0 Å². The highest BCUT2D eigenvalue weighted by Gasteiger charge is 2.15. The largest absolute Gasteiger partial charge is 0.464 e. The molecule has 12 heavy (non-hydrogen) atoms. The highest BCUT2D eigenvalue weighted by atomic mass is 32.1. The second-order valence-electron chi connectivity index (χ2n) is 1.84. The van der Waals surface area contributed by atoms with Crippen LogP contribution in [0.25, 0.3) is 0 Å². The van der Waals surface area contributed by atoms with Crippen molar-refractivity contribution in [2.24, 2.45) is 0 Å². The van der Waals surface area contributed by atoms with Crippen LogP contribution in [-0.2, 0) is 0 Å². The summed E-state index contributed by atoms with van der Waals surface area (Å²) in [6, 6.07) is 1.18. The summed E-state index contributed by atoms with van der Waals surface area (Å²) < 4.78 is 4.60. The standard InChI is InChI=1S/C5H6N2O4S/c6-5-3(11-2-8)1-4(12-5)7(9)10/h1,8H,2,6H2. The SMILES string of the molecule is Nc1sc([N+](=O)[O-])cc1OCO. The fourth-order valence-corrected chi connectivity index (χ4v) is 1.33. The van der Waals surface area contributed by atoms with Gasteiger partial charge in [-0.05, 0) is 11.3 Å². The lowest BCUT2D eigenvalue weighted by molar-refractivity contribution is -0.380. The molecule has 0 spiro atoms. The van der Waals surface area contributed by atoms with Crippen LogP contribution in [0, 0.1) is 10.1 Å². The van der Waals surface area contributed by atoms with Crippen LogP contribution in [0.2, 0.25) is 0 Å². The third kappa shape index (κ3) is 1.63. The monoisotopic (exact) mass is 190 g/mol. The van der Waals surface area contributed by atoms with Crippen molar-refractivity contribution >= 4 is 21.3 Å². The first-order chi connectivity index (χ1) is 5.65. The Kier molecular flexibility index (Phi) is 2.46. The van der Waals surface area contributed by atoms with Crippen molar-refractivity contribution in [3.63, 3.8) is 0 Å². The summed E-state index contributed by atoms with van der Waals surface area (Å²) in [5.74, 6) is 0.147. The van der Waals surface area contributed by atoms with Gasteiger partial charge < -0.3 is 15.6 Å². The summed E-state index contributed by atoms with van der Waals surface area (Å²) in [5, 5.41) is 18.7. The Balaban J connectivity index is 2.92. The van der Waals surface area contributed by atoms with Crippen molar-refractivity contribution < 1.29 is 14.8 Å². The van der Waals surface area contributed by atoms with Crippen LogP contribution >= 0.6 is 11.3 Å². The molecule has 0 aliphatic heterocycles. The lowest BCUT2D eigenvalue weighted by Gasteiger charge is -1.96. The second kappa shape index (κ2) is 3.37. The quantitative estimate of drug-likeness (QED) is 0.412. The molecule has 0 unspecified atom stereocenters. The number of hydrogen-bond acceptors (Lipinski definition) is 6. The third-order valence-corrected chi connectivity index (χ3v) is 2.01. The van der Waals surface area contributed by atoms with E-state index < -0.39 is 11.7 Å². The van der Waals surface area contributed by atoms with Crippen molar-refractivity contribution in [2.75, 3.05) is 12.5 Å². The lowest BCUT2D eigenvalue weighted by atomic mass is 10.5. The predicted octanol–water partition coefficient (Wildman–Crippen LogP) is 0.567. The van der Waals surface area contributed by atoms with Crippen LogP contribution in [-0.4, -0.2) is 16.8 Å². The first-order valence-electron chi connectivity index (χ1n) is 2.92. The molecule has 1 aromatic rings. The highest BCUT2D eigenvalue weighted by Crippen LogP contribution is 2.36. The van der Waals surface area contributed by atoms with Gasteiger partial charge in [0, 0.05) is 0 Å². The van der Waals surface area contributed by atoms with E-state index in [0.717, 1.165) is 11.3 Å². The average Bonchev–Trinajstić information content (AvgIpc) is 2.34. The Hall–Kier alpha value is -1.34. The zero-order chi connectivity index (χ0) is 9.14. The number of nitrogen functional groups attached to an aromatic ring is 1. The van der Waals surface area contributed by atoms with Gasteiger partial charge >= 0.3 is 5.00 Å². The zero-order valence-electron chi connectivity index (χ0n) is 5.89. The molecule has 0 radical (unpaired) electrons. The van der Waals surface area contributed by atoms with Gasteiger partial charge in [-0.2, -0.15) is 0 Å². The maximum atomic E-state index is 10.2. The number of thiophene rings is 1. The summed E-state index contributed by atoms with van der Waals surface area (Å²) in [4.78, 5) is 9.65. The van der Waals surface area contributed by atoms with E-state index in [0.29, 0.717) is 0 Å². The fraction of sp³-hybridized carbons (Fsp3) is 0.200. The number of anilines is 1. The molecule has 1 heterocycles. The predicted molar refractivity (Wildman–Crippen MR) is 43.1 cm³/mol. The van der Waals surface area contributed by atoms with Gasteiger partial charge in [0.2, 0.25) is 0 Å². The summed E-state index contributed by atoms with van der Waals surface area (Å²) in [6.45, 7) is -0.544. The number of hydrogen-bond donors (Lipinski definition) is 2. The molecule has 1 aromatic heterocycles. The van der Waals surface area contributed by atoms with Gasteiger partial charge in [0.1, 0.15) is 5.00 Å². The molecule has 0 aliphatic carbocycles. The van der Waals surface area contributed by atoms with E-state index in [2.05, 4.69) is 4.74 Å². The van der Waals surface area contributed by atoms with Gasteiger partial charge in [-0.25, -0.2) is 0 Å². The topological polar surface area (TPSA) is 98.6 Å². The Morgan fingerprint density at radius 1 is 1.83 bits per heavy atom. The van der Waals surface area contributed by atoms with E-state index in [-0.39, 0.29) is 15.8 Å². The number of ether oxygens (including phenoxy) is 1. The van der Waals surface area contributed by atoms with E-state index in [4.69, 9.17) is 10.8 Å². The maximum absolute atomic E-state index is 10.2. The van der Waals surface area contributed by atoms with Crippen molar-refractivity contribution in [1.82, 2.24) is 0 Å². The summed E-state index contributed by atoms with van der Waals surface area (Å²) >= 11 is 0.805. The summed E-state index contributed by atoms with van der Waals surface area (Å²) in [6.07, 6.45) is 0. The van der Waals surface area contributed by atoms with Crippen molar-refractivity contribution in [3.05, 3.63) is 16.2 Å². The van der Waals surface area contributed by atoms with E-state index in [1.807, 2.05) is 0 Å². The lowest BCUT2D eigenvalue weighted by Crippen LogP contribution is -1.95. The van der Waals surface area contributed by atoms with Gasteiger partial charge in [0.05, 0.1) is 11.0 Å². The Labute approximate surface area is 71.3 Å². The molecule has 0 atom stereocenters. The number of rotatable bonds is 3. The summed E-state index contributed by atoms with van der Waals surface area (Å²) in [5.41, 5.74) is 5.34.